The average Bonchev–Trinajstić information content (AvgIpc) is 2.82. The van der Waals surface area contributed by atoms with Crippen LogP contribution in [-0.4, -0.2) is 22.6 Å². The van der Waals surface area contributed by atoms with Gasteiger partial charge < -0.3 is 9.88 Å². The summed E-state index contributed by atoms with van der Waals surface area (Å²) in [5, 5.41) is 4.64. The molecule has 0 spiro atoms. The van der Waals surface area contributed by atoms with E-state index in [2.05, 4.69) is 40.1 Å². The largest absolute Gasteiger partial charge is 0.328 e. The maximum absolute atomic E-state index is 4.52. The zero-order chi connectivity index (χ0) is 10.3. The van der Waals surface area contributed by atoms with Gasteiger partial charge in [0.05, 0.1) is 0 Å². The molecule has 15 heavy (non-hydrogen) atoms. The number of hydrogen-bond donors (Lipinski definition) is 1. The lowest BCUT2D eigenvalue weighted by atomic mass is 10.2. The van der Waals surface area contributed by atoms with E-state index in [1.165, 1.54) is 17.4 Å². The molecule has 3 nitrogen and oxygen atoms in total. The molecule has 3 heterocycles. The number of aromatic nitrogens is 2. The first-order valence-corrected chi connectivity index (χ1v) is 5.48. The van der Waals surface area contributed by atoms with Crippen molar-refractivity contribution in [1.82, 2.24) is 14.9 Å². The Labute approximate surface area is 89.1 Å². The van der Waals surface area contributed by atoms with Crippen LogP contribution < -0.4 is 5.32 Å². The van der Waals surface area contributed by atoms with Gasteiger partial charge in [-0.3, -0.25) is 0 Å². The van der Waals surface area contributed by atoms with Crippen LogP contribution in [0.15, 0.2) is 24.5 Å². The van der Waals surface area contributed by atoms with Crippen LogP contribution in [0.4, 0.5) is 0 Å². The standard InChI is InChI=1S/C12H15N3/c1-9-6-10-3-5-15(12(10)14-7-9)11-2-4-13-8-11/h3,5-7,11,13H,2,4,8H2,1H3. The minimum absolute atomic E-state index is 0.581. The van der Waals surface area contributed by atoms with Gasteiger partial charge in [-0.15, -0.1) is 0 Å². The Balaban J connectivity index is 2.11. The zero-order valence-electron chi connectivity index (χ0n) is 8.90. The number of hydrogen-bond acceptors (Lipinski definition) is 2. The SMILES string of the molecule is Cc1cnc2c(ccn2C2CCNC2)c1. The van der Waals surface area contributed by atoms with E-state index in [1.807, 2.05) is 6.20 Å². The average molecular weight is 201 g/mol. The monoisotopic (exact) mass is 201 g/mol. The number of pyridine rings is 1. The quantitative estimate of drug-likeness (QED) is 0.763. The van der Waals surface area contributed by atoms with E-state index in [4.69, 9.17) is 0 Å². The van der Waals surface area contributed by atoms with Crippen LogP contribution in [0.1, 0.15) is 18.0 Å². The number of aryl methyl sites for hydroxylation is 1. The molecule has 3 rings (SSSR count). The lowest BCUT2D eigenvalue weighted by Gasteiger charge is -2.11. The lowest BCUT2D eigenvalue weighted by molar-refractivity contribution is 0.562. The number of nitrogens with zero attached hydrogens (tertiary/aromatic N) is 2. The van der Waals surface area contributed by atoms with Gasteiger partial charge in [-0.25, -0.2) is 4.98 Å². The summed E-state index contributed by atoms with van der Waals surface area (Å²) < 4.78 is 2.30. The van der Waals surface area contributed by atoms with Gasteiger partial charge >= 0.3 is 0 Å². The lowest BCUT2D eigenvalue weighted by Crippen LogP contribution is -2.12. The maximum atomic E-state index is 4.52. The highest BCUT2D eigenvalue weighted by molar-refractivity contribution is 5.76. The molecule has 2 aromatic heterocycles. The molecule has 3 heteroatoms. The molecule has 1 fully saturated rings. The van der Waals surface area contributed by atoms with Gasteiger partial charge in [0.25, 0.3) is 0 Å². The molecule has 2 aromatic rings. The van der Waals surface area contributed by atoms with E-state index < -0.39 is 0 Å². The summed E-state index contributed by atoms with van der Waals surface area (Å²) in [4.78, 5) is 4.52. The summed E-state index contributed by atoms with van der Waals surface area (Å²) in [5.41, 5.74) is 2.35. The number of nitrogens with one attached hydrogen (secondary N) is 1. The van der Waals surface area contributed by atoms with Crippen molar-refractivity contribution < 1.29 is 0 Å². The van der Waals surface area contributed by atoms with Crippen LogP contribution in [0, 0.1) is 6.92 Å². The zero-order valence-corrected chi connectivity index (χ0v) is 8.90. The van der Waals surface area contributed by atoms with E-state index in [9.17, 15) is 0 Å². The fourth-order valence-corrected chi connectivity index (χ4v) is 2.33. The summed E-state index contributed by atoms with van der Waals surface area (Å²) in [6.45, 7) is 4.27. The topological polar surface area (TPSA) is 29.9 Å². The molecule has 1 atom stereocenters. The van der Waals surface area contributed by atoms with Crippen molar-refractivity contribution in [2.75, 3.05) is 13.1 Å². The number of rotatable bonds is 1. The molecule has 1 aliphatic heterocycles. The van der Waals surface area contributed by atoms with Crippen molar-refractivity contribution >= 4 is 11.0 Å². The highest BCUT2D eigenvalue weighted by atomic mass is 15.1. The number of fused-ring (bicyclic) bond motifs is 1. The third-order valence-electron chi connectivity index (χ3n) is 3.12. The Hall–Kier alpha value is -1.35. The smallest absolute Gasteiger partial charge is 0.140 e. The molecule has 0 radical (unpaired) electrons. The summed E-state index contributed by atoms with van der Waals surface area (Å²) in [6, 6.07) is 4.94. The van der Waals surface area contributed by atoms with Gasteiger partial charge in [-0.2, -0.15) is 0 Å². The Morgan fingerprint density at radius 1 is 1.53 bits per heavy atom. The Bertz CT molecular complexity index is 481. The highest BCUT2D eigenvalue weighted by Crippen LogP contribution is 2.22. The third-order valence-corrected chi connectivity index (χ3v) is 3.12. The van der Waals surface area contributed by atoms with Crippen molar-refractivity contribution in [2.45, 2.75) is 19.4 Å². The van der Waals surface area contributed by atoms with E-state index >= 15 is 0 Å². The Kier molecular flexibility index (Phi) is 1.99. The van der Waals surface area contributed by atoms with Crippen LogP contribution in [0.25, 0.3) is 11.0 Å². The van der Waals surface area contributed by atoms with E-state index in [0.717, 1.165) is 18.7 Å². The summed E-state index contributed by atoms with van der Waals surface area (Å²) >= 11 is 0. The minimum Gasteiger partial charge on any atom is -0.328 e. The summed E-state index contributed by atoms with van der Waals surface area (Å²) in [7, 11) is 0. The molecule has 1 unspecified atom stereocenters. The molecule has 1 aliphatic rings. The molecule has 1 N–H and O–H groups in total. The van der Waals surface area contributed by atoms with Gasteiger partial charge in [0, 0.05) is 30.4 Å². The van der Waals surface area contributed by atoms with Crippen molar-refractivity contribution in [1.29, 1.82) is 0 Å². The van der Waals surface area contributed by atoms with Crippen LogP contribution in [-0.2, 0) is 0 Å². The van der Waals surface area contributed by atoms with Crippen LogP contribution >= 0.6 is 0 Å². The van der Waals surface area contributed by atoms with Gasteiger partial charge in [-0.05, 0) is 37.6 Å². The summed E-state index contributed by atoms with van der Waals surface area (Å²) in [6.07, 6.45) is 5.31. The second-order valence-corrected chi connectivity index (χ2v) is 4.30. The first-order chi connectivity index (χ1) is 7.34. The van der Waals surface area contributed by atoms with Crippen LogP contribution in [0.3, 0.4) is 0 Å². The van der Waals surface area contributed by atoms with Gasteiger partial charge in [-0.1, -0.05) is 0 Å². The third kappa shape index (κ3) is 1.43. The van der Waals surface area contributed by atoms with Gasteiger partial charge in [0.15, 0.2) is 0 Å². The fraction of sp³-hybridized carbons (Fsp3) is 0.417. The summed E-state index contributed by atoms with van der Waals surface area (Å²) in [5.74, 6) is 0. The molecular weight excluding hydrogens is 186 g/mol. The molecule has 0 bridgehead atoms. The molecule has 0 aliphatic carbocycles. The Morgan fingerprint density at radius 2 is 2.47 bits per heavy atom. The molecule has 1 saturated heterocycles. The normalized spacial score (nSPS) is 21.3. The van der Waals surface area contributed by atoms with E-state index in [-0.39, 0.29) is 0 Å². The molecule has 0 amide bonds. The first kappa shape index (κ1) is 8.92. The predicted molar refractivity (Wildman–Crippen MR) is 61.0 cm³/mol. The first-order valence-electron chi connectivity index (χ1n) is 5.48. The second-order valence-electron chi connectivity index (χ2n) is 4.30. The van der Waals surface area contributed by atoms with E-state index in [0.29, 0.717) is 6.04 Å². The Morgan fingerprint density at radius 3 is 3.27 bits per heavy atom. The van der Waals surface area contributed by atoms with Crippen LogP contribution in [0.2, 0.25) is 0 Å². The highest BCUT2D eigenvalue weighted by Gasteiger charge is 2.17. The van der Waals surface area contributed by atoms with Crippen molar-refractivity contribution in [3.63, 3.8) is 0 Å². The molecule has 0 saturated carbocycles. The van der Waals surface area contributed by atoms with Gasteiger partial charge in [0.2, 0.25) is 0 Å². The molecular formula is C12H15N3. The van der Waals surface area contributed by atoms with Crippen molar-refractivity contribution in [3.05, 3.63) is 30.1 Å². The van der Waals surface area contributed by atoms with Gasteiger partial charge in [0.1, 0.15) is 5.65 Å². The van der Waals surface area contributed by atoms with Crippen molar-refractivity contribution in [3.8, 4) is 0 Å². The van der Waals surface area contributed by atoms with Crippen LogP contribution in [0.5, 0.6) is 0 Å². The maximum Gasteiger partial charge on any atom is 0.140 e. The second kappa shape index (κ2) is 3.35. The van der Waals surface area contributed by atoms with Crippen molar-refractivity contribution in [2.24, 2.45) is 0 Å². The minimum atomic E-state index is 0.581. The van der Waals surface area contributed by atoms with E-state index in [1.54, 1.807) is 0 Å². The molecule has 0 aromatic carbocycles. The molecule has 78 valence electrons. The fourth-order valence-electron chi connectivity index (χ4n) is 2.33. The predicted octanol–water partition coefficient (Wildman–Crippen LogP) is 1.88.